The van der Waals surface area contributed by atoms with Gasteiger partial charge in [-0.15, -0.1) is 0 Å². The Morgan fingerprint density at radius 2 is 1.83 bits per heavy atom. The fraction of sp³-hybridized carbons (Fsp3) is 0.300. The van der Waals surface area contributed by atoms with E-state index < -0.39 is 57.1 Å². The number of hydrogen-bond donors (Lipinski definition) is 4. The van der Waals surface area contributed by atoms with E-state index in [1.165, 1.54) is 18.2 Å². The number of esters is 1. The normalized spacial score (nSPS) is 25.8. The molecule has 0 saturated carbocycles. The predicted octanol–water partition coefficient (Wildman–Crippen LogP) is -1.24. The van der Waals surface area contributed by atoms with Crippen molar-refractivity contribution in [1.82, 2.24) is 0 Å². The van der Waals surface area contributed by atoms with E-state index in [1.807, 2.05) is 0 Å². The number of benzene rings is 1. The summed E-state index contributed by atoms with van der Waals surface area (Å²) in [5, 5.41) is 40.4. The highest BCUT2D eigenvalue weighted by Crippen LogP contribution is 2.44. The first kappa shape index (κ1) is 19.9. The molecule has 0 amide bonds. The third-order valence-electron chi connectivity index (χ3n) is 5.64. The van der Waals surface area contributed by atoms with Crippen molar-refractivity contribution in [3.05, 3.63) is 71.1 Å². The first-order chi connectivity index (χ1) is 14.0. The Morgan fingerprint density at radius 3 is 2.43 bits per heavy atom. The monoisotopic (exact) mass is 412 g/mol. The van der Waals surface area contributed by atoms with E-state index in [2.05, 4.69) is 4.79 Å². The molecule has 0 bridgehead atoms. The largest absolute Gasteiger partial charge is 0.507 e. The van der Waals surface area contributed by atoms with Gasteiger partial charge in [0.05, 0.1) is 10.9 Å². The Hall–Kier alpha value is -3.43. The lowest BCUT2D eigenvalue weighted by Gasteiger charge is -2.41. The van der Waals surface area contributed by atoms with E-state index in [1.54, 1.807) is 0 Å². The second-order valence-electron chi connectivity index (χ2n) is 7.49. The average molecular weight is 412 g/mol. The molecule has 0 fully saturated rings. The lowest BCUT2D eigenvalue weighted by Crippen LogP contribution is -2.53. The Bertz CT molecular complexity index is 1480. The fourth-order valence-electron chi connectivity index (χ4n) is 4.28. The topological polar surface area (TPSA) is 178 Å². The second-order valence-corrected chi connectivity index (χ2v) is 7.49. The van der Waals surface area contributed by atoms with Crippen LogP contribution >= 0.6 is 0 Å². The molecule has 0 spiro atoms. The number of hydrogen-bond acceptors (Lipinski definition) is 8. The summed E-state index contributed by atoms with van der Waals surface area (Å²) >= 11 is 0. The van der Waals surface area contributed by atoms with Crippen LogP contribution in [-0.2, 0) is 9.53 Å². The molecule has 0 radical (unpaired) electrons. The molecule has 4 N–H and O–H groups in total. The third kappa shape index (κ3) is 2.33. The Labute approximate surface area is 166 Å². The predicted molar refractivity (Wildman–Crippen MR) is 98.7 cm³/mol. The van der Waals surface area contributed by atoms with Crippen molar-refractivity contribution >= 4 is 16.7 Å². The number of rotatable bonds is 1. The van der Waals surface area contributed by atoms with Gasteiger partial charge in [0, 0.05) is 23.1 Å². The SMILES string of the molecule is CC(=O)O[C@@H]1c2c(c3c(=O)c4cccc(O)c4c(=O)c=3c2=[N+]=[N-])[C@H](O)[C@@H](O)[C@@]1(C)O. The summed E-state index contributed by atoms with van der Waals surface area (Å²) in [6, 6.07) is 3.87. The zero-order chi connectivity index (χ0) is 22.1. The van der Waals surface area contributed by atoms with E-state index in [9.17, 15) is 40.3 Å². The zero-order valence-corrected chi connectivity index (χ0v) is 15.8. The van der Waals surface area contributed by atoms with Gasteiger partial charge in [-0.1, -0.05) is 12.1 Å². The molecule has 3 aliphatic carbocycles. The minimum atomic E-state index is -2.24. The molecule has 10 heteroatoms. The van der Waals surface area contributed by atoms with Gasteiger partial charge >= 0.3 is 11.3 Å². The van der Waals surface area contributed by atoms with Crippen LogP contribution in [0, 0.1) is 10.4 Å². The van der Waals surface area contributed by atoms with Crippen LogP contribution in [0.15, 0.2) is 27.8 Å². The number of carbonyl (C=O) groups excluding carboxylic acids is 1. The van der Waals surface area contributed by atoms with Crippen molar-refractivity contribution in [2.75, 3.05) is 0 Å². The van der Waals surface area contributed by atoms with Crippen LogP contribution in [0.5, 0.6) is 5.75 Å². The minimum absolute atomic E-state index is 0.146. The molecule has 10 nitrogen and oxygen atoms in total. The molecular formula is C20H16N2O8. The Balaban J connectivity index is 2.37. The van der Waals surface area contributed by atoms with Crippen molar-refractivity contribution in [3.8, 4) is 5.75 Å². The van der Waals surface area contributed by atoms with E-state index in [4.69, 9.17) is 4.74 Å². The van der Waals surface area contributed by atoms with Crippen LogP contribution in [0.3, 0.4) is 0 Å². The highest BCUT2D eigenvalue weighted by molar-refractivity contribution is 5.88. The van der Waals surface area contributed by atoms with Crippen LogP contribution in [0.1, 0.15) is 37.2 Å². The van der Waals surface area contributed by atoms with Crippen LogP contribution in [0.2, 0.25) is 0 Å². The fourth-order valence-corrected chi connectivity index (χ4v) is 4.28. The molecule has 30 heavy (non-hydrogen) atoms. The smallest absolute Gasteiger partial charge is 0.334 e. The van der Waals surface area contributed by atoms with Gasteiger partial charge in [0.25, 0.3) is 0 Å². The number of aromatic hydroxyl groups is 1. The summed E-state index contributed by atoms with van der Waals surface area (Å²) in [6.07, 6.45) is -5.42. The van der Waals surface area contributed by atoms with Crippen molar-refractivity contribution < 1.29 is 34.7 Å². The standard InChI is InChI=1S/C20H16N2O8/c1-6(23)30-19-13-11(17(27)18(28)20(19,2)29)10-12(14(13)22-21)16(26)9-7(15(10)25)4-3-5-8(9)24/h3-5,17-19,24,27-29H,1-2H3/t17-,18+,19+,20+/m0/s1. The zero-order valence-electron chi connectivity index (χ0n) is 15.8. The van der Waals surface area contributed by atoms with E-state index in [0.717, 1.165) is 13.8 Å². The summed E-state index contributed by atoms with van der Waals surface area (Å²) < 4.78 is 5.14. The maximum atomic E-state index is 13.2. The number of aliphatic hydroxyl groups is 3. The summed E-state index contributed by atoms with van der Waals surface area (Å²) in [7, 11) is 0. The van der Waals surface area contributed by atoms with Crippen molar-refractivity contribution in [2.24, 2.45) is 0 Å². The number of phenols is 1. The first-order valence-electron chi connectivity index (χ1n) is 8.92. The summed E-state index contributed by atoms with van der Waals surface area (Å²) in [5.74, 6) is -1.33. The summed E-state index contributed by atoms with van der Waals surface area (Å²) in [5.41, 5.74) is 5.25. The molecule has 1 aromatic rings. The molecule has 0 aliphatic heterocycles. The maximum absolute atomic E-state index is 13.2. The van der Waals surface area contributed by atoms with Crippen molar-refractivity contribution in [2.45, 2.75) is 37.8 Å². The Morgan fingerprint density at radius 1 is 1.17 bits per heavy atom. The minimum Gasteiger partial charge on any atom is -0.507 e. The van der Waals surface area contributed by atoms with Crippen LogP contribution in [0.4, 0.5) is 0 Å². The highest BCUT2D eigenvalue weighted by Gasteiger charge is 2.55. The maximum Gasteiger partial charge on any atom is 0.334 e. The molecule has 4 rings (SSSR count). The number of carbonyl (C=O) groups is 1. The highest BCUT2D eigenvalue weighted by atomic mass is 16.6. The Kier molecular flexibility index (Phi) is 4.16. The van der Waals surface area contributed by atoms with Crippen LogP contribution in [-0.4, -0.2) is 42.9 Å². The third-order valence-corrected chi connectivity index (χ3v) is 5.64. The van der Waals surface area contributed by atoms with Gasteiger partial charge in [-0.05, 0) is 13.0 Å². The van der Waals surface area contributed by atoms with Crippen LogP contribution < -0.4 is 16.2 Å². The van der Waals surface area contributed by atoms with Gasteiger partial charge in [0.2, 0.25) is 5.43 Å². The summed E-state index contributed by atoms with van der Waals surface area (Å²) in [4.78, 5) is 41.1. The molecule has 154 valence electrons. The lowest BCUT2D eigenvalue weighted by molar-refractivity contribution is -0.203. The second kappa shape index (κ2) is 6.28. The van der Waals surface area contributed by atoms with E-state index >= 15 is 0 Å². The molecule has 0 aromatic heterocycles. The van der Waals surface area contributed by atoms with Crippen LogP contribution in [0.25, 0.3) is 16.3 Å². The molecule has 0 heterocycles. The number of phenolic OH excluding ortho intramolecular Hbond substituents is 1. The van der Waals surface area contributed by atoms with Gasteiger partial charge < -0.3 is 30.7 Å². The van der Waals surface area contributed by atoms with Gasteiger partial charge in [-0.2, -0.15) is 4.79 Å². The molecule has 0 unspecified atom stereocenters. The van der Waals surface area contributed by atoms with Gasteiger partial charge in [-0.25, -0.2) is 0 Å². The van der Waals surface area contributed by atoms with Gasteiger partial charge in [0.1, 0.15) is 28.8 Å². The number of fused-ring (bicyclic) bond motifs is 3. The molecule has 4 atom stereocenters. The van der Waals surface area contributed by atoms with Gasteiger partial charge in [-0.3, -0.25) is 14.4 Å². The summed E-state index contributed by atoms with van der Waals surface area (Å²) in [6.45, 7) is 2.13. The molecule has 3 aliphatic rings. The van der Waals surface area contributed by atoms with Crippen molar-refractivity contribution in [3.63, 3.8) is 0 Å². The molecule has 1 aromatic carbocycles. The number of nitrogens with zero attached hydrogens (tertiary/aromatic N) is 2. The number of ether oxygens (including phenoxy) is 1. The van der Waals surface area contributed by atoms with E-state index in [0.29, 0.717) is 0 Å². The lowest BCUT2D eigenvalue weighted by atomic mass is 9.76. The van der Waals surface area contributed by atoms with E-state index in [-0.39, 0.29) is 27.1 Å². The molecule has 0 saturated heterocycles. The number of aliphatic hydroxyl groups excluding tert-OH is 2. The molecular weight excluding hydrogens is 396 g/mol. The van der Waals surface area contributed by atoms with Crippen molar-refractivity contribution in [1.29, 1.82) is 0 Å². The van der Waals surface area contributed by atoms with Gasteiger partial charge in [0.15, 0.2) is 11.5 Å². The quantitative estimate of drug-likeness (QED) is 0.218. The first-order valence-corrected chi connectivity index (χ1v) is 8.92. The average Bonchev–Trinajstić information content (AvgIpc) is 3.03.